The molecule has 0 aliphatic rings. The van der Waals surface area contributed by atoms with Crippen LogP contribution in [0.25, 0.3) is 0 Å². The zero-order valence-corrected chi connectivity index (χ0v) is 62.0. The molecule has 3 N–H and O–H groups in total. The van der Waals surface area contributed by atoms with Crippen molar-refractivity contribution in [1.82, 2.24) is 0 Å². The third-order valence-corrected chi connectivity index (χ3v) is 18.4. The molecule has 0 amide bonds. The van der Waals surface area contributed by atoms with Gasteiger partial charge in [0.2, 0.25) is 0 Å². The first kappa shape index (κ1) is 90.5. The third-order valence-electron chi connectivity index (χ3n) is 16.5. The Labute approximate surface area is 567 Å². The molecule has 17 nitrogen and oxygen atoms in total. The number of carbonyl (C=O) groups excluding carboxylic acids is 4. The number of carbonyl (C=O) groups is 4. The highest BCUT2D eigenvalue weighted by molar-refractivity contribution is 7.47. The second-order valence-electron chi connectivity index (χ2n) is 27.4. The maximum absolute atomic E-state index is 13.1. The summed E-state index contributed by atoms with van der Waals surface area (Å²) in [5.74, 6) is 0.0769. The third kappa shape index (κ3) is 67.9. The summed E-state index contributed by atoms with van der Waals surface area (Å²) in [5.41, 5.74) is 0. The topological polar surface area (TPSA) is 237 Å². The Bertz CT molecular complexity index is 1910. The van der Waals surface area contributed by atoms with Crippen LogP contribution in [0.1, 0.15) is 350 Å². The Morgan fingerprint density at radius 3 is 0.871 bits per heavy atom. The lowest BCUT2D eigenvalue weighted by atomic mass is 10.0. The number of rotatable bonds is 70. The molecule has 0 rings (SSSR count). The maximum Gasteiger partial charge on any atom is 0.472 e. The van der Waals surface area contributed by atoms with Gasteiger partial charge in [-0.25, -0.2) is 9.13 Å². The van der Waals surface area contributed by atoms with E-state index in [0.29, 0.717) is 31.6 Å². The smallest absolute Gasteiger partial charge is 0.462 e. The summed E-state index contributed by atoms with van der Waals surface area (Å²) in [6, 6.07) is 0. The van der Waals surface area contributed by atoms with E-state index in [1.165, 1.54) is 148 Å². The lowest BCUT2D eigenvalue weighted by Crippen LogP contribution is -2.30. The Morgan fingerprint density at radius 2 is 0.581 bits per heavy atom. The Morgan fingerprint density at radius 1 is 0.333 bits per heavy atom. The summed E-state index contributed by atoms with van der Waals surface area (Å²) in [6.45, 7) is 11.7. The van der Waals surface area contributed by atoms with Crippen molar-refractivity contribution in [2.24, 2.45) is 17.8 Å². The number of hydrogen-bond donors (Lipinski definition) is 3. The number of hydrogen-bond acceptors (Lipinski definition) is 15. The number of unbranched alkanes of at least 4 members (excludes halogenated alkanes) is 35. The van der Waals surface area contributed by atoms with Gasteiger partial charge in [-0.15, -0.1) is 0 Å². The van der Waals surface area contributed by atoms with Gasteiger partial charge in [0, 0.05) is 25.7 Å². The van der Waals surface area contributed by atoms with Gasteiger partial charge in [-0.05, 0) is 69.1 Å². The predicted molar refractivity (Wildman–Crippen MR) is 377 cm³/mol. The number of allylic oxidation sites excluding steroid dienone is 4. The fourth-order valence-corrected chi connectivity index (χ4v) is 12.3. The van der Waals surface area contributed by atoms with Crippen molar-refractivity contribution in [2.75, 3.05) is 39.6 Å². The first-order chi connectivity index (χ1) is 44.7. The van der Waals surface area contributed by atoms with Crippen molar-refractivity contribution in [3.05, 3.63) is 24.3 Å². The number of aliphatic hydroxyl groups excluding tert-OH is 1. The minimum atomic E-state index is -4.96. The van der Waals surface area contributed by atoms with Crippen LogP contribution in [-0.2, 0) is 65.4 Å². The van der Waals surface area contributed by atoms with Crippen LogP contribution in [0.3, 0.4) is 0 Å². The zero-order chi connectivity index (χ0) is 68.7. The van der Waals surface area contributed by atoms with Gasteiger partial charge in [-0.2, -0.15) is 0 Å². The standard InChI is InChI=1S/C74H140O17P2/c1-8-9-10-11-12-13-14-15-16-19-23-26-36-43-50-57-73(78)90-69(61-84-71(76)55-48-41-34-25-22-20-17-18-21-24-31-38-45-52-65(2)3)63-88-92(80,81)86-59-68(75)60-87-93(82,83)89-64-70(91-74(79)58-51-44-37-30-28-33-40-47-54-67(6)7)62-85-72(77)56-49-42-35-29-27-32-39-46-53-66(4)5/h13-16,65-70,75H,8-12,17-64H2,1-7H3,(H,80,81)(H,82,83)/b14-13-,16-15-/t68?,69-,70-/m1/s1. The SMILES string of the molecule is CCCCCC/C=C\C=C/CCCCCCCC(=O)O[C@H](COC(=O)CCCCCCCCCCCCCCCC(C)C)COP(=O)(O)OCC(O)COP(=O)(O)OC[C@@H](COC(=O)CCCCCCCCCCC(C)C)OC(=O)CCCCCCCCCCC(C)C. The second kappa shape index (κ2) is 64.2. The van der Waals surface area contributed by atoms with Gasteiger partial charge < -0.3 is 33.8 Å². The first-order valence-electron chi connectivity index (χ1n) is 37.7. The average Bonchev–Trinajstić information content (AvgIpc) is 3.26. The highest BCUT2D eigenvalue weighted by atomic mass is 31.2. The normalized spacial score (nSPS) is 14.3. The summed E-state index contributed by atoms with van der Waals surface area (Å²) >= 11 is 0. The van der Waals surface area contributed by atoms with Crippen LogP contribution in [0.4, 0.5) is 0 Å². The van der Waals surface area contributed by atoms with E-state index in [-0.39, 0.29) is 25.7 Å². The summed E-state index contributed by atoms with van der Waals surface area (Å²) in [4.78, 5) is 72.7. The molecule has 0 radical (unpaired) electrons. The molecule has 548 valence electrons. The molecule has 0 bridgehead atoms. The van der Waals surface area contributed by atoms with Gasteiger partial charge in [-0.1, -0.05) is 297 Å². The average molecular weight is 1360 g/mol. The van der Waals surface area contributed by atoms with Crippen LogP contribution < -0.4 is 0 Å². The molecule has 0 aromatic carbocycles. The van der Waals surface area contributed by atoms with Crippen LogP contribution >= 0.6 is 15.6 Å². The van der Waals surface area contributed by atoms with Crippen molar-refractivity contribution in [3.63, 3.8) is 0 Å². The van der Waals surface area contributed by atoms with Gasteiger partial charge in [0.25, 0.3) is 0 Å². The molecule has 19 heteroatoms. The van der Waals surface area contributed by atoms with Crippen LogP contribution in [-0.4, -0.2) is 96.7 Å². The van der Waals surface area contributed by atoms with E-state index in [9.17, 15) is 43.2 Å². The largest absolute Gasteiger partial charge is 0.472 e. The van der Waals surface area contributed by atoms with Crippen LogP contribution in [0.2, 0.25) is 0 Å². The lowest BCUT2D eigenvalue weighted by Gasteiger charge is -2.21. The first-order valence-corrected chi connectivity index (χ1v) is 40.7. The number of esters is 4. The fraction of sp³-hybridized carbons (Fsp3) is 0.892. The minimum Gasteiger partial charge on any atom is -0.462 e. The molecular formula is C74H140O17P2. The summed E-state index contributed by atoms with van der Waals surface area (Å²) in [6.07, 6.45) is 52.2. The number of phosphoric ester groups is 2. The Kier molecular flexibility index (Phi) is 62.5. The molecule has 3 unspecified atom stereocenters. The van der Waals surface area contributed by atoms with Crippen LogP contribution in [0.15, 0.2) is 24.3 Å². The summed E-state index contributed by atoms with van der Waals surface area (Å²) in [7, 11) is -9.92. The van der Waals surface area contributed by atoms with E-state index in [4.69, 9.17) is 37.0 Å². The monoisotopic (exact) mass is 1360 g/mol. The molecular weight excluding hydrogens is 1220 g/mol. The second-order valence-corrected chi connectivity index (χ2v) is 30.3. The molecule has 5 atom stereocenters. The number of phosphoric acid groups is 2. The number of aliphatic hydroxyl groups is 1. The Balaban J connectivity index is 5.29. The van der Waals surface area contributed by atoms with E-state index >= 15 is 0 Å². The van der Waals surface area contributed by atoms with Gasteiger partial charge in [-0.3, -0.25) is 37.3 Å². The molecule has 0 fully saturated rings. The van der Waals surface area contributed by atoms with Crippen molar-refractivity contribution in [1.29, 1.82) is 0 Å². The van der Waals surface area contributed by atoms with Crippen LogP contribution in [0, 0.1) is 17.8 Å². The van der Waals surface area contributed by atoms with Gasteiger partial charge in [0.1, 0.15) is 19.3 Å². The molecule has 0 saturated carbocycles. The van der Waals surface area contributed by atoms with E-state index in [1.807, 2.05) is 0 Å². The van der Waals surface area contributed by atoms with Crippen molar-refractivity contribution in [3.8, 4) is 0 Å². The molecule has 0 aliphatic heterocycles. The molecule has 0 heterocycles. The van der Waals surface area contributed by atoms with Gasteiger partial charge >= 0.3 is 39.5 Å². The summed E-state index contributed by atoms with van der Waals surface area (Å²) in [5, 5.41) is 10.6. The molecule has 0 aliphatic carbocycles. The Hall–Kier alpha value is -2.46. The zero-order valence-electron chi connectivity index (χ0n) is 60.2. The summed E-state index contributed by atoms with van der Waals surface area (Å²) < 4.78 is 68.4. The molecule has 0 aromatic heterocycles. The quantitative estimate of drug-likeness (QED) is 0.0169. The molecule has 0 spiro atoms. The number of ether oxygens (including phenoxy) is 4. The van der Waals surface area contributed by atoms with E-state index in [1.54, 1.807) is 0 Å². The lowest BCUT2D eigenvalue weighted by molar-refractivity contribution is -0.161. The van der Waals surface area contributed by atoms with Crippen molar-refractivity contribution < 1.29 is 80.2 Å². The van der Waals surface area contributed by atoms with E-state index in [0.717, 1.165) is 115 Å². The van der Waals surface area contributed by atoms with Gasteiger partial charge in [0.05, 0.1) is 26.4 Å². The van der Waals surface area contributed by atoms with Crippen molar-refractivity contribution in [2.45, 2.75) is 369 Å². The molecule has 0 aromatic rings. The van der Waals surface area contributed by atoms with Gasteiger partial charge in [0.15, 0.2) is 12.2 Å². The highest BCUT2D eigenvalue weighted by Gasteiger charge is 2.30. The maximum atomic E-state index is 13.1. The minimum absolute atomic E-state index is 0.0847. The van der Waals surface area contributed by atoms with Crippen molar-refractivity contribution >= 4 is 39.5 Å². The van der Waals surface area contributed by atoms with Crippen LogP contribution in [0.5, 0.6) is 0 Å². The molecule has 0 saturated heterocycles. The van der Waals surface area contributed by atoms with E-state index < -0.39 is 97.5 Å². The highest BCUT2D eigenvalue weighted by Crippen LogP contribution is 2.45. The van der Waals surface area contributed by atoms with E-state index in [2.05, 4.69) is 72.8 Å². The molecule has 93 heavy (non-hydrogen) atoms. The predicted octanol–water partition coefficient (Wildman–Crippen LogP) is 21.0. The fourth-order valence-electron chi connectivity index (χ4n) is 10.7.